The van der Waals surface area contributed by atoms with Crippen LogP contribution < -0.4 is 4.74 Å². The lowest BCUT2D eigenvalue weighted by Gasteiger charge is -2.60. The number of ether oxygens (including phenoxy) is 1. The Kier molecular flexibility index (Phi) is 3.69. The summed E-state index contributed by atoms with van der Waals surface area (Å²) in [4.78, 5) is 12.2. The van der Waals surface area contributed by atoms with Gasteiger partial charge in [0.05, 0.1) is 6.61 Å². The van der Waals surface area contributed by atoms with Crippen molar-refractivity contribution in [1.82, 2.24) is 5.06 Å². The molecule has 124 valence electrons. The zero-order chi connectivity index (χ0) is 16.0. The van der Waals surface area contributed by atoms with Crippen molar-refractivity contribution in [2.24, 2.45) is 5.92 Å². The first-order chi connectivity index (χ1) is 11.2. The molecule has 4 rings (SSSR count). The van der Waals surface area contributed by atoms with Crippen molar-refractivity contribution in [3.05, 3.63) is 34.5 Å². The van der Waals surface area contributed by atoms with Gasteiger partial charge in [-0.1, -0.05) is 19.1 Å². The van der Waals surface area contributed by atoms with E-state index >= 15 is 0 Å². The van der Waals surface area contributed by atoms with Gasteiger partial charge >= 0.3 is 0 Å². The van der Waals surface area contributed by atoms with Gasteiger partial charge in [0.2, 0.25) is 0 Å². The third-order valence-electron chi connectivity index (χ3n) is 6.11. The van der Waals surface area contributed by atoms with Crippen LogP contribution >= 0.6 is 0 Å². The number of carbonyl (C=O) groups excluding carboxylic acids is 1. The molecular formula is C19H24NO3-. The molecule has 1 aliphatic heterocycles. The molecule has 2 bridgehead atoms. The van der Waals surface area contributed by atoms with Crippen LogP contribution in [-0.2, 0) is 16.6 Å². The van der Waals surface area contributed by atoms with Crippen LogP contribution in [0.25, 0.3) is 0 Å². The van der Waals surface area contributed by atoms with E-state index in [2.05, 4.69) is 19.1 Å². The van der Waals surface area contributed by atoms with Crippen LogP contribution in [0.5, 0.6) is 5.75 Å². The predicted molar refractivity (Wildman–Crippen MR) is 88.4 cm³/mol. The maximum absolute atomic E-state index is 12.5. The van der Waals surface area contributed by atoms with E-state index in [4.69, 9.17) is 4.74 Å². The second-order valence-electron chi connectivity index (χ2n) is 7.31. The average molecular weight is 314 g/mol. The Balaban J connectivity index is 1.83. The molecule has 1 aromatic carbocycles. The van der Waals surface area contributed by atoms with Crippen molar-refractivity contribution in [2.75, 3.05) is 13.2 Å². The van der Waals surface area contributed by atoms with Gasteiger partial charge in [-0.05, 0) is 55.3 Å². The summed E-state index contributed by atoms with van der Waals surface area (Å²) in [6, 6.07) is 6.26. The third kappa shape index (κ3) is 2.23. The lowest BCUT2D eigenvalue weighted by atomic mass is 9.52. The molecule has 1 aromatic rings. The molecule has 0 N–H and O–H groups in total. The van der Waals surface area contributed by atoms with E-state index < -0.39 is 0 Å². The summed E-state index contributed by atoms with van der Waals surface area (Å²) < 4.78 is 5.95. The highest BCUT2D eigenvalue weighted by Gasteiger charge is 2.54. The minimum Gasteiger partial charge on any atom is -0.785 e. The first-order valence-electron chi connectivity index (χ1n) is 8.86. The number of carbonyl (C=O) groups is 1. The van der Waals surface area contributed by atoms with Gasteiger partial charge in [0.25, 0.3) is 0 Å². The molecule has 23 heavy (non-hydrogen) atoms. The first kappa shape index (κ1) is 15.2. The monoisotopic (exact) mass is 314 g/mol. The van der Waals surface area contributed by atoms with Crippen molar-refractivity contribution < 1.29 is 9.53 Å². The molecule has 1 saturated carbocycles. The van der Waals surface area contributed by atoms with Gasteiger partial charge in [0.15, 0.2) is 0 Å². The van der Waals surface area contributed by atoms with Crippen LogP contribution in [0.15, 0.2) is 18.2 Å². The number of rotatable bonds is 3. The van der Waals surface area contributed by atoms with Gasteiger partial charge in [-0.15, -0.1) is 0 Å². The molecule has 2 aliphatic carbocycles. The zero-order valence-corrected chi connectivity index (χ0v) is 13.7. The van der Waals surface area contributed by atoms with Gasteiger partial charge in [0.1, 0.15) is 11.5 Å². The molecule has 4 nitrogen and oxygen atoms in total. The van der Waals surface area contributed by atoms with Crippen molar-refractivity contribution in [3.8, 4) is 5.75 Å². The lowest BCUT2D eigenvalue weighted by molar-refractivity contribution is -0.126. The number of hydrogen-bond acceptors (Lipinski definition) is 4. The zero-order valence-electron chi connectivity index (χ0n) is 13.7. The van der Waals surface area contributed by atoms with Gasteiger partial charge in [-0.3, -0.25) is 4.79 Å². The molecule has 0 spiro atoms. The number of piperidine rings is 1. The number of Topliss-reactive ketones (excluding diaryl/α,β-unsaturated/α-hetero) is 1. The molecular weight excluding hydrogens is 290 g/mol. The Bertz CT molecular complexity index is 629. The fraction of sp³-hybridized carbons (Fsp3) is 0.632. The fourth-order valence-electron chi connectivity index (χ4n) is 5.15. The summed E-state index contributed by atoms with van der Waals surface area (Å²) in [5.41, 5.74) is 2.34. The molecule has 0 radical (unpaired) electrons. The van der Waals surface area contributed by atoms with Crippen LogP contribution in [0.4, 0.5) is 0 Å². The molecule has 3 atom stereocenters. The van der Waals surface area contributed by atoms with Gasteiger partial charge in [-0.2, -0.15) is 0 Å². The molecule has 0 aromatic heterocycles. The van der Waals surface area contributed by atoms with Gasteiger partial charge in [-0.25, -0.2) is 0 Å². The summed E-state index contributed by atoms with van der Waals surface area (Å²) in [7, 11) is 0. The third-order valence-corrected chi connectivity index (χ3v) is 6.11. The van der Waals surface area contributed by atoms with E-state index in [1.165, 1.54) is 16.2 Å². The van der Waals surface area contributed by atoms with Crippen LogP contribution in [0.3, 0.4) is 0 Å². The number of fused-ring (bicyclic) bond motifs is 1. The Morgan fingerprint density at radius 3 is 3.13 bits per heavy atom. The standard InChI is InChI=1S/C19H24NO3/c1-2-10-23-18-5-3-4-15-14(18)11-17-16-7-6-13(21)12-19(15,16)8-9-20(17)22/h3-5,16-17H,2,6-12H2,1H3/q-1/t16-,17+,19+/m0/s1. The summed E-state index contributed by atoms with van der Waals surface area (Å²) in [6.45, 7) is 3.34. The fourth-order valence-corrected chi connectivity index (χ4v) is 5.15. The maximum atomic E-state index is 12.5. The summed E-state index contributed by atoms with van der Waals surface area (Å²) >= 11 is 0. The van der Waals surface area contributed by atoms with Gasteiger partial charge in [0, 0.05) is 24.3 Å². The molecule has 4 heteroatoms. The number of benzene rings is 1. The Labute approximate surface area is 137 Å². The first-order valence-corrected chi connectivity index (χ1v) is 8.86. The van der Waals surface area contributed by atoms with Crippen LogP contribution in [0.1, 0.15) is 50.2 Å². The topological polar surface area (TPSA) is 52.6 Å². The molecule has 2 fully saturated rings. The minimum absolute atomic E-state index is 0.00993. The Morgan fingerprint density at radius 2 is 2.30 bits per heavy atom. The summed E-state index contributed by atoms with van der Waals surface area (Å²) in [5, 5.41) is 13.7. The quantitative estimate of drug-likeness (QED) is 0.859. The highest BCUT2D eigenvalue weighted by Crippen LogP contribution is 2.56. The molecule has 0 amide bonds. The predicted octanol–water partition coefficient (Wildman–Crippen LogP) is 3.21. The number of hydrogen-bond donors (Lipinski definition) is 0. The van der Waals surface area contributed by atoms with Crippen molar-refractivity contribution in [2.45, 2.75) is 56.9 Å². The molecule has 0 unspecified atom stereocenters. The van der Waals surface area contributed by atoms with Crippen molar-refractivity contribution in [1.29, 1.82) is 0 Å². The highest BCUT2D eigenvalue weighted by atomic mass is 16.5. The van der Waals surface area contributed by atoms with E-state index in [0.717, 1.165) is 31.4 Å². The normalized spacial score (nSPS) is 33.0. The second-order valence-corrected chi connectivity index (χ2v) is 7.31. The molecule has 1 saturated heterocycles. The van der Waals surface area contributed by atoms with Crippen LogP contribution in [0, 0.1) is 11.1 Å². The molecule has 1 heterocycles. The van der Waals surface area contributed by atoms with E-state index in [1.807, 2.05) is 6.07 Å². The van der Waals surface area contributed by atoms with E-state index in [-0.39, 0.29) is 11.5 Å². The number of hydroxylamine groups is 2. The highest BCUT2D eigenvalue weighted by molar-refractivity contribution is 5.81. The number of nitrogens with zero attached hydrogens (tertiary/aromatic N) is 1. The minimum atomic E-state index is -0.125. The SMILES string of the molecule is CCCOc1cccc2c1C[C@@H]1[C@@H]3CCC(=O)C[C@]23CCN1[O-]. The average Bonchev–Trinajstić information content (AvgIpc) is 2.56. The largest absolute Gasteiger partial charge is 0.785 e. The second kappa shape index (κ2) is 5.60. The smallest absolute Gasteiger partial charge is 0.133 e. The van der Waals surface area contributed by atoms with Crippen molar-refractivity contribution in [3.63, 3.8) is 0 Å². The maximum Gasteiger partial charge on any atom is 0.133 e. The van der Waals surface area contributed by atoms with E-state index in [1.54, 1.807) is 0 Å². The van der Waals surface area contributed by atoms with Gasteiger partial charge < -0.3 is 15.0 Å². The summed E-state index contributed by atoms with van der Waals surface area (Å²) in [5.74, 6) is 1.59. The van der Waals surface area contributed by atoms with E-state index in [9.17, 15) is 10.0 Å². The Morgan fingerprint density at radius 1 is 1.43 bits per heavy atom. The lowest BCUT2D eigenvalue weighted by Crippen LogP contribution is -2.60. The van der Waals surface area contributed by atoms with Crippen LogP contribution in [-0.4, -0.2) is 30.0 Å². The van der Waals surface area contributed by atoms with E-state index in [0.29, 0.717) is 37.7 Å². The van der Waals surface area contributed by atoms with Crippen molar-refractivity contribution >= 4 is 5.78 Å². The van der Waals surface area contributed by atoms with Crippen LogP contribution in [0.2, 0.25) is 0 Å². The Hall–Kier alpha value is -1.39. The number of ketones is 1. The summed E-state index contributed by atoms with van der Waals surface area (Å²) in [6.07, 6.45) is 4.63. The molecule has 3 aliphatic rings.